The van der Waals surface area contributed by atoms with E-state index < -0.39 is 9.84 Å². The van der Waals surface area contributed by atoms with Crippen LogP contribution in [0.2, 0.25) is 0 Å². The first-order valence-electron chi connectivity index (χ1n) is 5.87. The summed E-state index contributed by atoms with van der Waals surface area (Å²) in [6, 6.07) is 7.61. The monoisotopic (exact) mass is 268 g/mol. The molecule has 1 aliphatic heterocycles. The van der Waals surface area contributed by atoms with Crippen LogP contribution >= 0.6 is 0 Å². The average molecular weight is 268 g/mol. The number of benzene rings is 1. The summed E-state index contributed by atoms with van der Waals surface area (Å²) in [6.45, 7) is 0.577. The molecule has 18 heavy (non-hydrogen) atoms. The summed E-state index contributed by atoms with van der Waals surface area (Å²) in [6.07, 6.45) is 2.11. The minimum Gasteiger partial charge on any atom is -0.493 e. The van der Waals surface area contributed by atoms with Crippen LogP contribution in [-0.2, 0) is 14.6 Å². The van der Waals surface area contributed by atoms with Crippen LogP contribution in [0.5, 0.6) is 5.75 Å². The van der Waals surface area contributed by atoms with Crippen LogP contribution in [0.25, 0.3) is 0 Å². The van der Waals surface area contributed by atoms with Crippen molar-refractivity contribution in [2.45, 2.75) is 18.8 Å². The number of hydrogen-bond acceptors (Lipinski definition) is 4. The van der Waals surface area contributed by atoms with Crippen molar-refractivity contribution in [3.63, 3.8) is 0 Å². The van der Waals surface area contributed by atoms with Crippen LogP contribution in [0.15, 0.2) is 24.3 Å². The van der Waals surface area contributed by atoms with E-state index in [4.69, 9.17) is 4.74 Å². The molecule has 0 N–H and O–H groups in total. The standard InChI is InChI=1S/C13H16O4S/c1-18(15,16)9-11(14)8-10-6-7-17-13-5-3-2-4-12(10)13/h2-5,10H,6-9H2,1H3. The maximum Gasteiger partial charge on any atom is 0.154 e. The van der Waals surface area contributed by atoms with E-state index in [1.54, 1.807) is 0 Å². The lowest BCUT2D eigenvalue weighted by molar-refractivity contribution is -0.117. The van der Waals surface area contributed by atoms with Crippen molar-refractivity contribution in [1.82, 2.24) is 0 Å². The van der Waals surface area contributed by atoms with Crippen molar-refractivity contribution in [3.8, 4) is 5.75 Å². The molecule has 0 aliphatic carbocycles. The summed E-state index contributed by atoms with van der Waals surface area (Å²) >= 11 is 0. The summed E-state index contributed by atoms with van der Waals surface area (Å²) in [7, 11) is -3.23. The number of rotatable bonds is 4. The van der Waals surface area contributed by atoms with Gasteiger partial charge in [0.05, 0.1) is 6.61 Å². The average Bonchev–Trinajstić information content (AvgIpc) is 2.27. The first kappa shape index (κ1) is 13.1. The highest BCUT2D eigenvalue weighted by Crippen LogP contribution is 2.35. The van der Waals surface area contributed by atoms with Gasteiger partial charge >= 0.3 is 0 Å². The van der Waals surface area contributed by atoms with Crippen LogP contribution in [0.1, 0.15) is 24.3 Å². The second-order valence-corrected chi connectivity index (χ2v) is 6.82. The number of hydrogen-bond donors (Lipinski definition) is 0. The predicted octanol–water partition coefficient (Wildman–Crippen LogP) is 1.56. The zero-order valence-corrected chi connectivity index (χ0v) is 11.1. The second-order valence-electron chi connectivity index (χ2n) is 4.68. The Balaban J connectivity index is 2.10. The van der Waals surface area contributed by atoms with E-state index >= 15 is 0 Å². The fourth-order valence-electron chi connectivity index (χ4n) is 2.25. The molecule has 0 aromatic heterocycles. The summed E-state index contributed by atoms with van der Waals surface area (Å²) in [5.41, 5.74) is 1.01. The van der Waals surface area contributed by atoms with Gasteiger partial charge in [-0.2, -0.15) is 0 Å². The highest BCUT2D eigenvalue weighted by Gasteiger charge is 2.24. The van der Waals surface area contributed by atoms with Crippen LogP contribution < -0.4 is 4.74 Å². The van der Waals surface area contributed by atoms with Gasteiger partial charge in [-0.3, -0.25) is 4.79 Å². The number of carbonyl (C=O) groups excluding carboxylic acids is 1. The van der Waals surface area contributed by atoms with Gasteiger partial charge in [0.15, 0.2) is 9.84 Å². The highest BCUT2D eigenvalue weighted by atomic mass is 32.2. The third kappa shape index (κ3) is 3.32. The van der Waals surface area contributed by atoms with E-state index in [1.807, 2.05) is 24.3 Å². The fourth-order valence-corrected chi connectivity index (χ4v) is 2.96. The van der Waals surface area contributed by atoms with Gasteiger partial charge in [0.25, 0.3) is 0 Å². The van der Waals surface area contributed by atoms with Gasteiger partial charge in [-0.25, -0.2) is 8.42 Å². The minimum atomic E-state index is -3.23. The van der Waals surface area contributed by atoms with Gasteiger partial charge in [-0.05, 0) is 24.0 Å². The zero-order chi connectivity index (χ0) is 13.2. The number of ether oxygens (including phenoxy) is 1. The lowest BCUT2D eigenvalue weighted by Gasteiger charge is -2.25. The zero-order valence-electron chi connectivity index (χ0n) is 10.3. The molecule has 0 spiro atoms. The topological polar surface area (TPSA) is 60.4 Å². The Kier molecular flexibility index (Phi) is 3.71. The maximum absolute atomic E-state index is 11.7. The molecule has 5 heteroatoms. The van der Waals surface area contributed by atoms with Gasteiger partial charge in [0.1, 0.15) is 17.3 Å². The van der Waals surface area contributed by atoms with Crippen molar-refractivity contribution >= 4 is 15.6 Å². The van der Waals surface area contributed by atoms with E-state index in [9.17, 15) is 13.2 Å². The molecule has 1 unspecified atom stereocenters. The molecule has 0 radical (unpaired) electrons. The van der Waals surface area contributed by atoms with E-state index in [0.29, 0.717) is 6.61 Å². The minimum absolute atomic E-state index is 0.0733. The van der Waals surface area contributed by atoms with Crippen molar-refractivity contribution in [3.05, 3.63) is 29.8 Å². The van der Waals surface area contributed by atoms with Gasteiger partial charge in [-0.1, -0.05) is 18.2 Å². The van der Waals surface area contributed by atoms with Crippen LogP contribution in [0, 0.1) is 0 Å². The molecule has 1 atom stereocenters. The molecule has 1 aliphatic rings. The Morgan fingerprint density at radius 1 is 1.39 bits per heavy atom. The highest BCUT2D eigenvalue weighted by molar-refractivity contribution is 7.91. The lowest BCUT2D eigenvalue weighted by Crippen LogP contribution is -2.21. The Labute approximate surface area is 107 Å². The molecule has 98 valence electrons. The predicted molar refractivity (Wildman–Crippen MR) is 68.6 cm³/mol. The molecule has 0 bridgehead atoms. The van der Waals surface area contributed by atoms with Gasteiger partial charge in [-0.15, -0.1) is 0 Å². The van der Waals surface area contributed by atoms with Gasteiger partial charge < -0.3 is 4.74 Å². The summed E-state index contributed by atoms with van der Waals surface area (Å²) in [5.74, 6) is 0.288. The molecule has 0 saturated heterocycles. The van der Waals surface area contributed by atoms with E-state index in [-0.39, 0.29) is 23.9 Å². The smallest absolute Gasteiger partial charge is 0.154 e. The van der Waals surface area contributed by atoms with E-state index in [0.717, 1.165) is 24.0 Å². The molecule has 1 aromatic carbocycles. The third-order valence-electron chi connectivity index (χ3n) is 2.98. The van der Waals surface area contributed by atoms with E-state index in [2.05, 4.69) is 0 Å². The molecular weight excluding hydrogens is 252 g/mol. The SMILES string of the molecule is CS(=O)(=O)CC(=O)CC1CCOc2ccccc21. The molecular formula is C13H16O4S. The number of fused-ring (bicyclic) bond motifs is 1. The van der Waals surface area contributed by atoms with Crippen molar-refractivity contribution in [2.24, 2.45) is 0 Å². The van der Waals surface area contributed by atoms with Gasteiger partial charge in [0.2, 0.25) is 0 Å². The molecule has 1 aromatic rings. The first-order valence-corrected chi connectivity index (χ1v) is 7.93. The largest absolute Gasteiger partial charge is 0.493 e. The Morgan fingerprint density at radius 3 is 2.83 bits per heavy atom. The lowest BCUT2D eigenvalue weighted by atomic mass is 9.89. The molecule has 4 nitrogen and oxygen atoms in total. The van der Waals surface area contributed by atoms with Crippen LogP contribution in [0.4, 0.5) is 0 Å². The number of para-hydroxylation sites is 1. The Bertz CT molecular complexity index is 548. The van der Waals surface area contributed by atoms with Crippen LogP contribution in [-0.4, -0.2) is 32.8 Å². The number of sulfone groups is 1. The third-order valence-corrected chi connectivity index (χ3v) is 3.83. The molecule has 2 rings (SSSR count). The maximum atomic E-state index is 11.7. The summed E-state index contributed by atoms with van der Waals surface area (Å²) in [4.78, 5) is 11.7. The Morgan fingerprint density at radius 2 is 2.11 bits per heavy atom. The van der Waals surface area contributed by atoms with Crippen molar-refractivity contribution < 1.29 is 17.9 Å². The first-order chi connectivity index (χ1) is 8.46. The summed E-state index contributed by atoms with van der Waals surface area (Å²) < 4.78 is 27.7. The van der Waals surface area contributed by atoms with Crippen molar-refractivity contribution in [1.29, 1.82) is 0 Å². The van der Waals surface area contributed by atoms with E-state index in [1.165, 1.54) is 0 Å². The number of ketones is 1. The molecule has 1 heterocycles. The molecule has 0 amide bonds. The summed E-state index contributed by atoms with van der Waals surface area (Å²) in [5, 5.41) is 0. The van der Waals surface area contributed by atoms with Gasteiger partial charge in [0, 0.05) is 12.7 Å². The molecule has 0 fully saturated rings. The fraction of sp³-hybridized carbons (Fsp3) is 0.462. The number of Topliss-reactive ketones (excluding diaryl/α,β-unsaturated/α-hetero) is 1. The van der Waals surface area contributed by atoms with Crippen molar-refractivity contribution in [2.75, 3.05) is 18.6 Å². The normalized spacial score (nSPS) is 18.8. The van der Waals surface area contributed by atoms with Crippen LogP contribution in [0.3, 0.4) is 0 Å². The Hall–Kier alpha value is -1.36. The second kappa shape index (κ2) is 5.10. The number of carbonyl (C=O) groups is 1. The molecule has 0 saturated carbocycles. The quantitative estimate of drug-likeness (QED) is 0.831.